The molecule has 6 nitrogen and oxygen atoms in total. The number of benzene rings is 1. The Morgan fingerprint density at radius 2 is 2.00 bits per heavy atom. The Bertz CT molecular complexity index is 680. The predicted molar refractivity (Wildman–Crippen MR) is 79.3 cm³/mol. The first-order chi connectivity index (χ1) is 9.73. The summed E-state index contributed by atoms with van der Waals surface area (Å²) in [7, 11) is -0.785. The second kappa shape index (κ2) is 6.89. The molecule has 0 aliphatic heterocycles. The average Bonchev–Trinajstić information content (AvgIpc) is 2.43. The standard InChI is InChI=1S/C13H16ClN3O3S/c1-4-17(9-13(18)16(2)3)21(19,20)12-6-5-10(8-15)7-11(12)14/h5-7H,4,9H2,1-3H3. The highest BCUT2D eigenvalue weighted by Crippen LogP contribution is 2.25. The van der Waals surface area contributed by atoms with E-state index in [0.717, 1.165) is 4.31 Å². The molecule has 0 radical (unpaired) electrons. The summed E-state index contributed by atoms with van der Waals surface area (Å²) in [4.78, 5) is 12.9. The van der Waals surface area contributed by atoms with Gasteiger partial charge < -0.3 is 4.90 Å². The van der Waals surface area contributed by atoms with E-state index in [4.69, 9.17) is 16.9 Å². The summed E-state index contributed by atoms with van der Waals surface area (Å²) in [5.41, 5.74) is 0.270. The zero-order valence-corrected chi connectivity index (χ0v) is 13.6. The highest BCUT2D eigenvalue weighted by atomic mass is 35.5. The van der Waals surface area contributed by atoms with Gasteiger partial charge in [0.15, 0.2) is 0 Å². The first kappa shape index (κ1) is 17.4. The lowest BCUT2D eigenvalue weighted by Gasteiger charge is -2.22. The van der Waals surface area contributed by atoms with Crippen LogP contribution in [0.4, 0.5) is 0 Å². The van der Waals surface area contributed by atoms with Crippen molar-refractivity contribution in [1.29, 1.82) is 5.26 Å². The molecule has 0 bridgehead atoms. The summed E-state index contributed by atoms with van der Waals surface area (Å²) < 4.78 is 26.1. The van der Waals surface area contributed by atoms with Crippen LogP contribution < -0.4 is 0 Å². The smallest absolute Gasteiger partial charge is 0.245 e. The van der Waals surface area contributed by atoms with Gasteiger partial charge >= 0.3 is 0 Å². The Hall–Kier alpha value is -1.62. The first-order valence-electron chi connectivity index (χ1n) is 6.14. The van der Waals surface area contributed by atoms with Gasteiger partial charge in [-0.25, -0.2) is 8.42 Å². The lowest BCUT2D eigenvalue weighted by atomic mass is 10.2. The molecule has 0 aliphatic carbocycles. The number of amides is 1. The maximum atomic E-state index is 12.5. The molecule has 0 unspecified atom stereocenters. The van der Waals surface area contributed by atoms with Crippen molar-refractivity contribution in [2.45, 2.75) is 11.8 Å². The van der Waals surface area contributed by atoms with E-state index < -0.39 is 10.0 Å². The minimum absolute atomic E-state index is 0.0372. The number of halogens is 1. The maximum absolute atomic E-state index is 12.5. The van der Waals surface area contributed by atoms with E-state index in [1.165, 1.54) is 23.1 Å². The summed E-state index contributed by atoms with van der Waals surface area (Å²) >= 11 is 5.94. The van der Waals surface area contributed by atoms with E-state index in [0.29, 0.717) is 0 Å². The van der Waals surface area contributed by atoms with E-state index in [-0.39, 0.29) is 34.5 Å². The fraction of sp³-hybridized carbons (Fsp3) is 0.385. The van der Waals surface area contributed by atoms with E-state index in [2.05, 4.69) is 0 Å². The van der Waals surface area contributed by atoms with Crippen LogP contribution in [0, 0.1) is 11.3 Å². The van der Waals surface area contributed by atoms with Crippen LogP contribution in [-0.4, -0.2) is 50.7 Å². The van der Waals surface area contributed by atoms with Crippen molar-refractivity contribution in [1.82, 2.24) is 9.21 Å². The van der Waals surface area contributed by atoms with Gasteiger partial charge in [-0.2, -0.15) is 9.57 Å². The third-order valence-electron chi connectivity index (χ3n) is 2.84. The quantitative estimate of drug-likeness (QED) is 0.815. The monoisotopic (exact) mass is 329 g/mol. The summed E-state index contributed by atoms with van der Waals surface area (Å²) in [6, 6.07) is 5.82. The van der Waals surface area contributed by atoms with Crippen molar-refractivity contribution >= 4 is 27.5 Å². The van der Waals surface area contributed by atoms with Gasteiger partial charge in [0, 0.05) is 20.6 Å². The lowest BCUT2D eigenvalue weighted by Crippen LogP contribution is -2.40. The molecule has 0 aliphatic rings. The summed E-state index contributed by atoms with van der Waals surface area (Å²) in [6.07, 6.45) is 0. The number of carbonyl (C=O) groups excluding carboxylic acids is 1. The van der Waals surface area contributed by atoms with Crippen LogP contribution in [-0.2, 0) is 14.8 Å². The molecule has 1 aromatic carbocycles. The summed E-state index contributed by atoms with van der Waals surface area (Å²) in [6.45, 7) is 1.51. The zero-order valence-electron chi connectivity index (χ0n) is 12.0. The molecule has 0 atom stereocenters. The highest BCUT2D eigenvalue weighted by Gasteiger charge is 2.27. The number of rotatable bonds is 5. The van der Waals surface area contributed by atoms with Crippen molar-refractivity contribution < 1.29 is 13.2 Å². The van der Waals surface area contributed by atoms with Gasteiger partial charge in [-0.1, -0.05) is 18.5 Å². The van der Waals surface area contributed by atoms with Crippen molar-refractivity contribution in [3.63, 3.8) is 0 Å². The maximum Gasteiger partial charge on any atom is 0.245 e. The second-order valence-electron chi connectivity index (χ2n) is 4.48. The molecule has 21 heavy (non-hydrogen) atoms. The van der Waals surface area contributed by atoms with Crippen LogP contribution in [0.3, 0.4) is 0 Å². The van der Waals surface area contributed by atoms with Crippen molar-refractivity contribution in [2.24, 2.45) is 0 Å². The largest absolute Gasteiger partial charge is 0.348 e. The number of hydrogen-bond donors (Lipinski definition) is 0. The molecular weight excluding hydrogens is 314 g/mol. The van der Waals surface area contributed by atoms with Gasteiger partial charge in [0.25, 0.3) is 0 Å². The van der Waals surface area contributed by atoms with Crippen LogP contribution in [0.15, 0.2) is 23.1 Å². The zero-order chi connectivity index (χ0) is 16.2. The third kappa shape index (κ3) is 3.94. The number of nitriles is 1. The molecule has 0 saturated heterocycles. The molecular formula is C13H16ClN3O3S. The van der Waals surface area contributed by atoms with Gasteiger partial charge in [0.1, 0.15) is 4.90 Å². The average molecular weight is 330 g/mol. The fourth-order valence-electron chi connectivity index (χ4n) is 1.58. The van der Waals surface area contributed by atoms with Gasteiger partial charge in [-0.3, -0.25) is 4.79 Å². The molecule has 114 valence electrons. The van der Waals surface area contributed by atoms with Crippen LogP contribution in [0.2, 0.25) is 5.02 Å². The molecule has 1 amide bonds. The number of sulfonamides is 1. The summed E-state index contributed by atoms with van der Waals surface area (Å²) in [5.74, 6) is -0.329. The molecule has 0 fully saturated rings. The Balaban J connectivity index is 3.20. The molecule has 0 spiro atoms. The van der Waals surface area contributed by atoms with Crippen LogP contribution >= 0.6 is 11.6 Å². The Morgan fingerprint density at radius 3 is 2.43 bits per heavy atom. The van der Waals surface area contributed by atoms with E-state index in [1.807, 2.05) is 6.07 Å². The predicted octanol–water partition coefficient (Wildman–Crippen LogP) is 1.31. The number of hydrogen-bond acceptors (Lipinski definition) is 4. The molecule has 0 saturated carbocycles. The first-order valence-corrected chi connectivity index (χ1v) is 7.95. The molecule has 0 heterocycles. The summed E-state index contributed by atoms with van der Waals surface area (Å²) in [5, 5.41) is 8.74. The highest BCUT2D eigenvalue weighted by molar-refractivity contribution is 7.89. The van der Waals surface area contributed by atoms with Crippen LogP contribution in [0.25, 0.3) is 0 Å². The number of carbonyl (C=O) groups is 1. The number of nitrogens with zero attached hydrogens (tertiary/aromatic N) is 3. The second-order valence-corrected chi connectivity index (χ2v) is 6.79. The molecule has 0 N–H and O–H groups in total. The van der Waals surface area contributed by atoms with Gasteiger partial charge in [0.05, 0.1) is 23.2 Å². The van der Waals surface area contributed by atoms with Gasteiger partial charge in [-0.05, 0) is 18.2 Å². The van der Waals surface area contributed by atoms with Gasteiger partial charge in [0.2, 0.25) is 15.9 Å². The molecule has 1 aromatic rings. The fourth-order valence-corrected chi connectivity index (χ4v) is 3.49. The Morgan fingerprint density at radius 1 is 1.38 bits per heavy atom. The van der Waals surface area contributed by atoms with E-state index in [1.54, 1.807) is 21.0 Å². The molecule has 8 heteroatoms. The minimum atomic E-state index is -3.89. The van der Waals surface area contributed by atoms with Crippen molar-refractivity contribution in [3.8, 4) is 6.07 Å². The van der Waals surface area contributed by atoms with Crippen molar-refractivity contribution in [3.05, 3.63) is 28.8 Å². The topological polar surface area (TPSA) is 81.5 Å². The number of likely N-dealkylation sites (N-methyl/N-ethyl adjacent to an activating group) is 2. The van der Waals surface area contributed by atoms with E-state index in [9.17, 15) is 13.2 Å². The normalized spacial score (nSPS) is 11.2. The molecule has 1 rings (SSSR count). The van der Waals surface area contributed by atoms with E-state index >= 15 is 0 Å². The Labute approximate surface area is 129 Å². The molecule has 0 aromatic heterocycles. The van der Waals surface area contributed by atoms with Crippen LogP contribution in [0.5, 0.6) is 0 Å². The van der Waals surface area contributed by atoms with Crippen LogP contribution in [0.1, 0.15) is 12.5 Å². The Kier molecular flexibility index (Phi) is 5.72. The SMILES string of the molecule is CCN(CC(=O)N(C)C)S(=O)(=O)c1ccc(C#N)cc1Cl. The lowest BCUT2D eigenvalue weighted by molar-refractivity contribution is -0.128. The minimum Gasteiger partial charge on any atom is -0.348 e. The van der Waals surface area contributed by atoms with Gasteiger partial charge in [-0.15, -0.1) is 0 Å². The third-order valence-corrected chi connectivity index (χ3v) is 5.25. The van der Waals surface area contributed by atoms with Crippen molar-refractivity contribution in [2.75, 3.05) is 27.2 Å².